The number of hydrogen-bond acceptors (Lipinski definition) is 4. The monoisotopic (exact) mass is 349 g/mol. The highest BCUT2D eigenvalue weighted by Gasteiger charge is 2.39. The minimum absolute atomic E-state index is 0.533. The Morgan fingerprint density at radius 2 is 1.96 bits per heavy atom. The van der Waals surface area contributed by atoms with E-state index in [1.807, 2.05) is 17.5 Å². The van der Waals surface area contributed by atoms with Crippen LogP contribution in [0.2, 0.25) is 0 Å². The van der Waals surface area contributed by atoms with E-state index < -0.39 is 0 Å². The highest BCUT2D eigenvalue weighted by Crippen LogP contribution is 2.35. The van der Waals surface area contributed by atoms with Crippen LogP contribution in [0.5, 0.6) is 0 Å². The van der Waals surface area contributed by atoms with Crippen molar-refractivity contribution >= 4 is 27.2 Å². The lowest BCUT2D eigenvalue weighted by Gasteiger charge is -2.50. The molecule has 3 fully saturated rings. The summed E-state index contributed by atoms with van der Waals surface area (Å²) in [4.78, 5) is 8.62. The molecule has 128 valence electrons. The van der Waals surface area contributed by atoms with Gasteiger partial charge in [-0.2, -0.15) is 0 Å². The molecule has 6 rings (SSSR count). The predicted octanol–water partition coefficient (Wildman–Crippen LogP) is 4.86. The number of nitrogens with one attached hydrogen (secondary N) is 1. The first kappa shape index (κ1) is 15.4. The lowest BCUT2D eigenvalue weighted by atomic mass is 9.79. The largest absolute Gasteiger partial charge is 0.365 e. The van der Waals surface area contributed by atoms with E-state index in [2.05, 4.69) is 59.6 Å². The Hall–Kier alpha value is -1.91. The van der Waals surface area contributed by atoms with Gasteiger partial charge in [-0.15, -0.1) is 11.3 Å². The Balaban J connectivity index is 1.36. The van der Waals surface area contributed by atoms with E-state index in [1.165, 1.54) is 46.5 Å². The summed E-state index contributed by atoms with van der Waals surface area (Å²) in [6.45, 7) is 4.89. The quantitative estimate of drug-likeness (QED) is 0.732. The maximum atomic E-state index is 4.71. The Bertz CT molecular complexity index is 843. The fourth-order valence-electron chi connectivity index (χ4n) is 4.47. The smallest absolute Gasteiger partial charge is 0.126 e. The molecule has 1 N–H and O–H groups in total. The van der Waals surface area contributed by atoms with Crippen molar-refractivity contribution in [3.05, 3.63) is 48.7 Å². The van der Waals surface area contributed by atoms with E-state index in [4.69, 9.17) is 4.98 Å². The van der Waals surface area contributed by atoms with Crippen molar-refractivity contribution in [2.45, 2.75) is 31.8 Å². The maximum absolute atomic E-state index is 4.71. The molecule has 3 aliphatic rings. The number of fused-ring (bicyclic) bond motifs is 4. The number of benzene rings is 1. The van der Waals surface area contributed by atoms with Crippen LogP contribution in [0.4, 0.5) is 5.82 Å². The van der Waals surface area contributed by atoms with Gasteiger partial charge >= 0.3 is 0 Å². The van der Waals surface area contributed by atoms with Crippen LogP contribution in [-0.4, -0.2) is 35.1 Å². The van der Waals surface area contributed by atoms with Crippen LogP contribution < -0.4 is 5.32 Å². The highest BCUT2D eigenvalue weighted by atomic mass is 32.1. The van der Waals surface area contributed by atoms with Crippen LogP contribution in [-0.2, 0) is 0 Å². The van der Waals surface area contributed by atoms with Crippen LogP contribution in [0.15, 0.2) is 48.7 Å². The van der Waals surface area contributed by atoms with Crippen LogP contribution in [0.3, 0.4) is 0 Å². The van der Waals surface area contributed by atoms with E-state index >= 15 is 0 Å². The third-order valence-electron chi connectivity index (χ3n) is 5.97. The Labute approximate surface area is 152 Å². The first-order valence-electron chi connectivity index (χ1n) is 9.23. The van der Waals surface area contributed by atoms with E-state index in [0.29, 0.717) is 12.1 Å². The molecule has 3 nitrogen and oxygen atoms in total. The van der Waals surface area contributed by atoms with Gasteiger partial charge in [-0.05, 0) is 68.4 Å². The number of anilines is 1. The molecule has 4 heteroatoms. The number of pyridine rings is 1. The third kappa shape index (κ3) is 2.74. The van der Waals surface area contributed by atoms with Crippen molar-refractivity contribution in [3.63, 3.8) is 0 Å². The van der Waals surface area contributed by atoms with Gasteiger partial charge in [-0.3, -0.25) is 4.90 Å². The third-order valence-corrected chi connectivity index (χ3v) is 7.13. The van der Waals surface area contributed by atoms with Crippen molar-refractivity contribution in [3.8, 4) is 10.4 Å². The van der Waals surface area contributed by atoms with E-state index in [9.17, 15) is 0 Å². The Kier molecular flexibility index (Phi) is 3.75. The normalized spacial score (nSPS) is 28.4. The lowest BCUT2D eigenvalue weighted by molar-refractivity contribution is 0.0457. The molecule has 2 unspecified atom stereocenters. The summed E-state index contributed by atoms with van der Waals surface area (Å²) in [5.41, 5.74) is 1.20. The fraction of sp³-hybridized carbons (Fsp3) is 0.381. The summed E-state index contributed by atoms with van der Waals surface area (Å²) in [5.74, 6) is 1.81. The zero-order chi connectivity index (χ0) is 16.8. The number of rotatable bonds is 3. The van der Waals surface area contributed by atoms with Gasteiger partial charge in [0.1, 0.15) is 5.82 Å². The van der Waals surface area contributed by atoms with E-state index in [1.54, 1.807) is 0 Å². The number of nitrogens with zero attached hydrogens (tertiary/aromatic N) is 2. The van der Waals surface area contributed by atoms with Gasteiger partial charge in [0.15, 0.2) is 0 Å². The second-order valence-electron chi connectivity index (χ2n) is 7.36. The molecule has 25 heavy (non-hydrogen) atoms. The summed E-state index contributed by atoms with van der Waals surface area (Å²) < 4.78 is 1.33. The van der Waals surface area contributed by atoms with Gasteiger partial charge in [-0.1, -0.05) is 18.2 Å². The zero-order valence-corrected chi connectivity index (χ0v) is 15.3. The van der Waals surface area contributed by atoms with Gasteiger partial charge in [0.2, 0.25) is 0 Å². The molecular weight excluding hydrogens is 326 g/mol. The van der Waals surface area contributed by atoms with Gasteiger partial charge in [-0.25, -0.2) is 4.98 Å². The minimum atomic E-state index is 0.533. The Morgan fingerprint density at radius 1 is 1.12 bits per heavy atom. The summed E-state index contributed by atoms with van der Waals surface area (Å²) in [6, 6.07) is 16.3. The summed E-state index contributed by atoms with van der Waals surface area (Å²) in [7, 11) is 0. The molecule has 2 atom stereocenters. The van der Waals surface area contributed by atoms with Crippen molar-refractivity contribution in [2.75, 3.05) is 18.4 Å². The first-order chi connectivity index (χ1) is 12.3. The molecule has 0 aliphatic carbocycles. The molecule has 3 saturated heterocycles. The van der Waals surface area contributed by atoms with Crippen LogP contribution >= 0.6 is 11.3 Å². The molecule has 0 radical (unpaired) electrons. The standard InChI is InChI=1S/C21H23N3S/c1-14-21(15-8-10-24(14)11-9-15)23-20-7-6-17(13-22-20)19-12-16-4-2-3-5-18(16)25-19/h2-7,12-15,21H,8-11H2,1H3,(H,22,23). The van der Waals surface area contributed by atoms with Crippen molar-refractivity contribution in [1.29, 1.82) is 0 Å². The second-order valence-corrected chi connectivity index (χ2v) is 8.45. The molecule has 3 aromatic rings. The van der Waals surface area contributed by atoms with E-state index in [-0.39, 0.29) is 0 Å². The molecule has 3 aliphatic heterocycles. The molecule has 0 spiro atoms. The molecule has 1 aromatic carbocycles. The van der Waals surface area contributed by atoms with Crippen molar-refractivity contribution in [1.82, 2.24) is 9.88 Å². The van der Waals surface area contributed by atoms with Gasteiger partial charge < -0.3 is 5.32 Å². The lowest BCUT2D eigenvalue weighted by Crippen LogP contribution is -2.59. The highest BCUT2D eigenvalue weighted by molar-refractivity contribution is 7.22. The average Bonchev–Trinajstić information content (AvgIpc) is 3.10. The number of hydrogen-bond donors (Lipinski definition) is 1. The fourth-order valence-corrected chi connectivity index (χ4v) is 5.52. The number of aromatic nitrogens is 1. The van der Waals surface area contributed by atoms with Crippen molar-refractivity contribution in [2.24, 2.45) is 5.92 Å². The van der Waals surface area contributed by atoms with Crippen LogP contribution in [0.1, 0.15) is 19.8 Å². The maximum Gasteiger partial charge on any atom is 0.126 e. The first-order valence-corrected chi connectivity index (χ1v) is 10.1. The van der Waals surface area contributed by atoms with Crippen LogP contribution in [0.25, 0.3) is 20.5 Å². The van der Waals surface area contributed by atoms with Crippen molar-refractivity contribution < 1.29 is 0 Å². The summed E-state index contributed by atoms with van der Waals surface area (Å²) in [5, 5.41) is 5.03. The van der Waals surface area contributed by atoms with Crippen LogP contribution in [0, 0.1) is 5.92 Å². The Morgan fingerprint density at radius 3 is 2.68 bits per heavy atom. The zero-order valence-electron chi connectivity index (χ0n) is 14.5. The average molecular weight is 350 g/mol. The predicted molar refractivity (Wildman–Crippen MR) is 106 cm³/mol. The molecule has 5 heterocycles. The van der Waals surface area contributed by atoms with E-state index in [0.717, 1.165) is 11.7 Å². The van der Waals surface area contributed by atoms with Gasteiger partial charge in [0.25, 0.3) is 0 Å². The number of piperidine rings is 3. The SMILES string of the molecule is CC1C(Nc2ccc(-c3cc4ccccc4s3)cn2)C2CCN1CC2. The molecular formula is C21H23N3S. The second kappa shape index (κ2) is 6.11. The number of thiophene rings is 1. The van der Waals surface area contributed by atoms with Gasteiger partial charge in [0, 0.05) is 33.4 Å². The molecule has 0 amide bonds. The van der Waals surface area contributed by atoms with Gasteiger partial charge in [0.05, 0.1) is 0 Å². The minimum Gasteiger partial charge on any atom is -0.365 e. The molecule has 0 saturated carbocycles. The molecule has 2 aromatic heterocycles. The molecule has 2 bridgehead atoms. The summed E-state index contributed by atoms with van der Waals surface area (Å²) in [6.07, 6.45) is 4.66. The summed E-state index contributed by atoms with van der Waals surface area (Å²) >= 11 is 1.84. The topological polar surface area (TPSA) is 28.2 Å².